The molecule has 0 aliphatic carbocycles. The lowest BCUT2D eigenvalue weighted by atomic mass is 10.1. The van der Waals surface area contributed by atoms with E-state index in [4.69, 9.17) is 32.7 Å². The second-order valence-corrected chi connectivity index (χ2v) is 5.93. The zero-order chi connectivity index (χ0) is 17.1. The topological polar surface area (TPSA) is 62.5 Å². The summed E-state index contributed by atoms with van der Waals surface area (Å²) in [5.74, 6) is 0.761. The van der Waals surface area contributed by atoms with Gasteiger partial charge in [0, 0.05) is 16.3 Å². The molecule has 0 bridgehead atoms. The molecule has 6 heteroatoms. The van der Waals surface area contributed by atoms with Crippen molar-refractivity contribution >= 4 is 34.8 Å². The summed E-state index contributed by atoms with van der Waals surface area (Å²) in [6, 6.07) is 15.4. The number of furan rings is 1. The SMILES string of the molecule is O=C(Nc1cccc(-c2ccc(CO)o2)c1)c1ccc(Cl)cc1Cl. The van der Waals surface area contributed by atoms with Gasteiger partial charge in [-0.1, -0.05) is 35.3 Å². The third-order valence-electron chi connectivity index (χ3n) is 3.40. The number of hydrogen-bond acceptors (Lipinski definition) is 3. The Morgan fingerprint density at radius 2 is 1.92 bits per heavy atom. The molecule has 0 aliphatic rings. The maximum Gasteiger partial charge on any atom is 0.257 e. The predicted octanol–water partition coefficient (Wildman–Crippen LogP) is 5.00. The number of carbonyl (C=O) groups is 1. The molecule has 122 valence electrons. The van der Waals surface area contributed by atoms with Crippen LogP contribution in [0.3, 0.4) is 0 Å². The number of aliphatic hydroxyl groups is 1. The van der Waals surface area contributed by atoms with E-state index in [-0.39, 0.29) is 17.5 Å². The molecule has 3 rings (SSSR count). The zero-order valence-electron chi connectivity index (χ0n) is 12.4. The second kappa shape index (κ2) is 7.09. The summed E-state index contributed by atoms with van der Waals surface area (Å²) in [5, 5.41) is 12.6. The highest BCUT2D eigenvalue weighted by Gasteiger charge is 2.12. The molecule has 1 heterocycles. The number of hydrogen-bond donors (Lipinski definition) is 2. The number of nitrogens with one attached hydrogen (secondary N) is 1. The van der Waals surface area contributed by atoms with Gasteiger partial charge in [-0.15, -0.1) is 0 Å². The Balaban J connectivity index is 1.82. The van der Waals surface area contributed by atoms with Gasteiger partial charge in [-0.2, -0.15) is 0 Å². The van der Waals surface area contributed by atoms with Gasteiger partial charge in [0.25, 0.3) is 5.91 Å². The molecule has 3 aromatic rings. The maximum absolute atomic E-state index is 12.3. The van der Waals surface area contributed by atoms with E-state index in [1.54, 1.807) is 42.5 Å². The van der Waals surface area contributed by atoms with E-state index in [0.29, 0.717) is 27.8 Å². The van der Waals surface area contributed by atoms with Gasteiger partial charge in [0.1, 0.15) is 18.1 Å². The highest BCUT2D eigenvalue weighted by Crippen LogP contribution is 2.26. The van der Waals surface area contributed by atoms with E-state index in [9.17, 15) is 4.79 Å². The Labute approximate surface area is 148 Å². The van der Waals surface area contributed by atoms with Gasteiger partial charge in [0.05, 0.1) is 10.6 Å². The Bertz CT molecular complexity index is 889. The summed E-state index contributed by atoms with van der Waals surface area (Å²) < 4.78 is 5.50. The van der Waals surface area contributed by atoms with Crippen molar-refractivity contribution in [3.8, 4) is 11.3 Å². The van der Waals surface area contributed by atoms with E-state index in [2.05, 4.69) is 5.32 Å². The Kier molecular flexibility index (Phi) is 4.90. The molecule has 0 radical (unpaired) electrons. The van der Waals surface area contributed by atoms with Crippen molar-refractivity contribution < 1.29 is 14.3 Å². The van der Waals surface area contributed by atoms with Crippen LogP contribution in [0.2, 0.25) is 10.0 Å². The van der Waals surface area contributed by atoms with Crippen LogP contribution in [0.4, 0.5) is 5.69 Å². The average molecular weight is 362 g/mol. The lowest BCUT2D eigenvalue weighted by Gasteiger charge is -2.08. The van der Waals surface area contributed by atoms with E-state index in [1.807, 2.05) is 6.07 Å². The minimum Gasteiger partial charge on any atom is -0.459 e. The molecular formula is C18H13Cl2NO3. The van der Waals surface area contributed by atoms with Gasteiger partial charge in [-0.3, -0.25) is 4.79 Å². The van der Waals surface area contributed by atoms with Crippen LogP contribution >= 0.6 is 23.2 Å². The number of carbonyl (C=O) groups excluding carboxylic acids is 1. The van der Waals surface area contributed by atoms with Gasteiger partial charge in [0.15, 0.2) is 0 Å². The fourth-order valence-corrected chi connectivity index (χ4v) is 2.73. The normalized spacial score (nSPS) is 10.6. The van der Waals surface area contributed by atoms with E-state index < -0.39 is 0 Å². The van der Waals surface area contributed by atoms with Crippen LogP contribution in [-0.2, 0) is 6.61 Å². The fraction of sp³-hybridized carbons (Fsp3) is 0.0556. The first-order chi connectivity index (χ1) is 11.6. The highest BCUT2D eigenvalue weighted by molar-refractivity contribution is 6.37. The van der Waals surface area contributed by atoms with Crippen LogP contribution < -0.4 is 5.32 Å². The lowest BCUT2D eigenvalue weighted by Crippen LogP contribution is -2.12. The summed E-state index contributed by atoms with van der Waals surface area (Å²) in [6.07, 6.45) is 0. The van der Waals surface area contributed by atoms with Gasteiger partial charge in [-0.05, 0) is 42.5 Å². The van der Waals surface area contributed by atoms with Crippen LogP contribution in [0, 0.1) is 0 Å². The second-order valence-electron chi connectivity index (χ2n) is 5.08. The molecule has 24 heavy (non-hydrogen) atoms. The Morgan fingerprint density at radius 1 is 1.08 bits per heavy atom. The number of halogens is 2. The fourth-order valence-electron chi connectivity index (χ4n) is 2.24. The Hall–Kier alpha value is -2.27. The monoisotopic (exact) mass is 361 g/mol. The van der Waals surface area contributed by atoms with Crippen molar-refractivity contribution in [2.75, 3.05) is 5.32 Å². The molecule has 0 atom stereocenters. The maximum atomic E-state index is 12.3. The number of aliphatic hydroxyl groups excluding tert-OH is 1. The highest BCUT2D eigenvalue weighted by atomic mass is 35.5. The third-order valence-corrected chi connectivity index (χ3v) is 3.95. The van der Waals surface area contributed by atoms with Crippen LogP contribution in [-0.4, -0.2) is 11.0 Å². The molecule has 2 N–H and O–H groups in total. The smallest absolute Gasteiger partial charge is 0.257 e. The molecule has 0 fully saturated rings. The first-order valence-corrected chi connectivity index (χ1v) is 7.89. The minimum absolute atomic E-state index is 0.161. The molecule has 0 saturated heterocycles. The molecule has 0 spiro atoms. The third kappa shape index (κ3) is 3.62. The van der Waals surface area contributed by atoms with Crippen molar-refractivity contribution in [1.29, 1.82) is 0 Å². The van der Waals surface area contributed by atoms with Crippen molar-refractivity contribution in [2.45, 2.75) is 6.61 Å². The molecule has 1 aromatic heterocycles. The zero-order valence-corrected chi connectivity index (χ0v) is 13.9. The largest absolute Gasteiger partial charge is 0.459 e. The number of amides is 1. The van der Waals surface area contributed by atoms with Crippen molar-refractivity contribution in [3.05, 3.63) is 76.0 Å². The van der Waals surface area contributed by atoms with E-state index in [0.717, 1.165) is 5.56 Å². The summed E-state index contributed by atoms with van der Waals surface area (Å²) >= 11 is 11.9. The molecule has 0 saturated carbocycles. The predicted molar refractivity (Wildman–Crippen MR) is 94.5 cm³/mol. The first kappa shape index (κ1) is 16.6. The number of rotatable bonds is 4. The standard InChI is InChI=1S/C18H13Cl2NO3/c19-12-4-6-15(16(20)9-12)18(23)21-13-3-1-2-11(8-13)17-7-5-14(10-22)24-17/h1-9,22H,10H2,(H,21,23). The van der Waals surface area contributed by atoms with Gasteiger partial charge in [0.2, 0.25) is 0 Å². The Morgan fingerprint density at radius 3 is 2.62 bits per heavy atom. The van der Waals surface area contributed by atoms with Gasteiger partial charge >= 0.3 is 0 Å². The summed E-state index contributed by atoms with van der Waals surface area (Å²) in [7, 11) is 0. The van der Waals surface area contributed by atoms with Gasteiger partial charge < -0.3 is 14.8 Å². The average Bonchev–Trinajstić information content (AvgIpc) is 3.04. The summed E-state index contributed by atoms with van der Waals surface area (Å²) in [6.45, 7) is -0.161. The van der Waals surface area contributed by atoms with Crippen molar-refractivity contribution in [2.24, 2.45) is 0 Å². The van der Waals surface area contributed by atoms with Crippen LogP contribution in [0.1, 0.15) is 16.1 Å². The summed E-state index contributed by atoms with van der Waals surface area (Å²) in [4.78, 5) is 12.3. The van der Waals surface area contributed by atoms with E-state index >= 15 is 0 Å². The van der Waals surface area contributed by atoms with Crippen LogP contribution in [0.5, 0.6) is 0 Å². The first-order valence-electron chi connectivity index (χ1n) is 7.13. The number of anilines is 1. The molecule has 4 nitrogen and oxygen atoms in total. The minimum atomic E-state index is -0.329. The van der Waals surface area contributed by atoms with E-state index in [1.165, 1.54) is 6.07 Å². The number of benzene rings is 2. The lowest BCUT2D eigenvalue weighted by molar-refractivity contribution is 0.102. The quantitative estimate of drug-likeness (QED) is 0.687. The molecular weight excluding hydrogens is 349 g/mol. The van der Waals surface area contributed by atoms with Crippen molar-refractivity contribution in [1.82, 2.24) is 0 Å². The van der Waals surface area contributed by atoms with Crippen LogP contribution in [0.15, 0.2) is 59.0 Å². The van der Waals surface area contributed by atoms with Crippen LogP contribution in [0.25, 0.3) is 11.3 Å². The van der Waals surface area contributed by atoms with Crippen molar-refractivity contribution in [3.63, 3.8) is 0 Å². The summed E-state index contributed by atoms with van der Waals surface area (Å²) in [5.41, 5.74) is 1.73. The molecule has 0 unspecified atom stereocenters. The molecule has 0 aliphatic heterocycles. The molecule has 1 amide bonds. The molecule has 2 aromatic carbocycles. The van der Waals surface area contributed by atoms with Gasteiger partial charge in [-0.25, -0.2) is 0 Å².